The van der Waals surface area contributed by atoms with Crippen molar-refractivity contribution in [3.8, 4) is 0 Å². The molecule has 0 saturated carbocycles. The van der Waals surface area contributed by atoms with Crippen molar-refractivity contribution < 1.29 is 4.74 Å². The summed E-state index contributed by atoms with van der Waals surface area (Å²) in [4.78, 5) is 18.1. The van der Waals surface area contributed by atoms with Crippen LogP contribution >= 0.6 is 0 Å². The highest BCUT2D eigenvalue weighted by Gasteiger charge is 2.17. The summed E-state index contributed by atoms with van der Waals surface area (Å²) in [5, 5.41) is 0. The van der Waals surface area contributed by atoms with Crippen molar-refractivity contribution in [3.63, 3.8) is 0 Å². The van der Waals surface area contributed by atoms with Crippen molar-refractivity contribution in [2.75, 3.05) is 7.11 Å². The topological polar surface area (TPSA) is 55.0 Å². The average molecular weight is 196 g/mol. The van der Waals surface area contributed by atoms with Crippen LogP contribution in [-0.4, -0.2) is 17.1 Å². The maximum absolute atomic E-state index is 11.2. The van der Waals surface area contributed by atoms with E-state index in [0.717, 1.165) is 0 Å². The summed E-state index contributed by atoms with van der Waals surface area (Å²) >= 11 is 0. The van der Waals surface area contributed by atoms with Gasteiger partial charge in [-0.1, -0.05) is 13.8 Å². The van der Waals surface area contributed by atoms with Crippen LogP contribution in [0, 0.1) is 12.8 Å². The molecule has 14 heavy (non-hydrogen) atoms. The van der Waals surface area contributed by atoms with Gasteiger partial charge >= 0.3 is 0 Å². The van der Waals surface area contributed by atoms with E-state index < -0.39 is 0 Å². The second kappa shape index (κ2) is 4.37. The predicted molar refractivity (Wildman–Crippen MR) is 54.2 cm³/mol. The van der Waals surface area contributed by atoms with Crippen LogP contribution in [0.25, 0.3) is 0 Å². The minimum atomic E-state index is -0.150. The van der Waals surface area contributed by atoms with Gasteiger partial charge in [-0.2, -0.15) is 0 Å². The van der Waals surface area contributed by atoms with Gasteiger partial charge in [0.2, 0.25) is 0 Å². The molecule has 0 fully saturated rings. The van der Waals surface area contributed by atoms with Crippen LogP contribution in [0.4, 0.5) is 0 Å². The second-order valence-electron chi connectivity index (χ2n) is 3.67. The first kappa shape index (κ1) is 10.9. The average Bonchev–Trinajstić information content (AvgIpc) is 2.02. The SMILES string of the molecule is COC(c1nc(C)cc(=O)[nH]1)C(C)C. The van der Waals surface area contributed by atoms with E-state index in [4.69, 9.17) is 4.74 Å². The van der Waals surface area contributed by atoms with Gasteiger partial charge < -0.3 is 9.72 Å². The molecule has 4 heteroatoms. The Hall–Kier alpha value is -1.16. The fourth-order valence-electron chi connectivity index (χ4n) is 1.44. The lowest BCUT2D eigenvalue weighted by Gasteiger charge is -2.18. The lowest BCUT2D eigenvalue weighted by Crippen LogP contribution is -2.19. The van der Waals surface area contributed by atoms with Gasteiger partial charge in [-0.05, 0) is 12.8 Å². The number of ether oxygens (including phenoxy) is 1. The molecule has 0 aliphatic rings. The van der Waals surface area contributed by atoms with Crippen LogP contribution < -0.4 is 5.56 Å². The number of nitrogens with one attached hydrogen (secondary N) is 1. The summed E-state index contributed by atoms with van der Waals surface area (Å²) in [7, 11) is 1.62. The zero-order valence-corrected chi connectivity index (χ0v) is 9.00. The number of rotatable bonds is 3. The molecule has 1 atom stereocenters. The first-order valence-electron chi connectivity index (χ1n) is 4.65. The predicted octanol–water partition coefficient (Wildman–Crippen LogP) is 1.42. The highest BCUT2D eigenvalue weighted by atomic mass is 16.5. The summed E-state index contributed by atoms with van der Waals surface area (Å²) < 4.78 is 5.28. The fourth-order valence-corrected chi connectivity index (χ4v) is 1.44. The van der Waals surface area contributed by atoms with E-state index in [-0.39, 0.29) is 17.6 Å². The molecule has 1 rings (SSSR count). The highest BCUT2D eigenvalue weighted by Crippen LogP contribution is 2.20. The molecule has 0 aromatic carbocycles. The Morgan fingerprint density at radius 1 is 1.50 bits per heavy atom. The van der Waals surface area contributed by atoms with Gasteiger partial charge in [-0.25, -0.2) is 4.98 Å². The Morgan fingerprint density at radius 2 is 2.14 bits per heavy atom. The van der Waals surface area contributed by atoms with E-state index in [9.17, 15) is 4.79 Å². The Kier molecular flexibility index (Phi) is 3.41. The number of hydrogen-bond acceptors (Lipinski definition) is 3. The molecule has 0 saturated heterocycles. The Bertz CT molecular complexity index is 357. The quantitative estimate of drug-likeness (QED) is 0.795. The van der Waals surface area contributed by atoms with Crippen LogP contribution in [0.2, 0.25) is 0 Å². The number of aryl methyl sites for hydroxylation is 1. The molecule has 4 nitrogen and oxygen atoms in total. The molecule has 78 valence electrons. The lowest BCUT2D eigenvalue weighted by atomic mass is 10.1. The maximum atomic E-state index is 11.2. The first-order chi connectivity index (χ1) is 6.54. The Labute approximate surface area is 83.3 Å². The first-order valence-corrected chi connectivity index (χ1v) is 4.65. The molecular weight excluding hydrogens is 180 g/mol. The third-order valence-corrected chi connectivity index (χ3v) is 2.02. The molecular formula is C10H16N2O2. The summed E-state index contributed by atoms with van der Waals surface area (Å²) in [6.45, 7) is 5.85. The van der Waals surface area contributed by atoms with Gasteiger partial charge in [0.15, 0.2) is 0 Å². The van der Waals surface area contributed by atoms with Crippen molar-refractivity contribution in [1.82, 2.24) is 9.97 Å². The van der Waals surface area contributed by atoms with Gasteiger partial charge in [0, 0.05) is 18.9 Å². The number of methoxy groups -OCH3 is 1. The van der Waals surface area contributed by atoms with E-state index in [2.05, 4.69) is 9.97 Å². The molecule has 1 aromatic heterocycles. The van der Waals surface area contributed by atoms with Gasteiger partial charge in [0.1, 0.15) is 11.9 Å². The third-order valence-electron chi connectivity index (χ3n) is 2.02. The molecule has 0 aliphatic carbocycles. The lowest BCUT2D eigenvalue weighted by molar-refractivity contribution is 0.0571. The fraction of sp³-hybridized carbons (Fsp3) is 0.600. The normalized spacial score (nSPS) is 13.2. The molecule has 1 N–H and O–H groups in total. The molecule has 0 bridgehead atoms. The van der Waals surface area contributed by atoms with Gasteiger partial charge in [0.25, 0.3) is 5.56 Å². The van der Waals surface area contributed by atoms with Crippen LogP contribution in [0.1, 0.15) is 31.5 Å². The zero-order chi connectivity index (χ0) is 10.7. The summed E-state index contributed by atoms with van der Waals surface area (Å²) in [5.41, 5.74) is 0.585. The van der Waals surface area contributed by atoms with Crippen LogP contribution in [-0.2, 0) is 4.74 Å². The second-order valence-corrected chi connectivity index (χ2v) is 3.67. The van der Waals surface area contributed by atoms with Crippen molar-refractivity contribution >= 4 is 0 Å². The van der Waals surface area contributed by atoms with E-state index in [1.54, 1.807) is 14.0 Å². The van der Waals surface area contributed by atoms with E-state index in [0.29, 0.717) is 11.5 Å². The van der Waals surface area contributed by atoms with E-state index in [1.807, 2.05) is 13.8 Å². The Balaban J connectivity index is 3.10. The maximum Gasteiger partial charge on any atom is 0.251 e. The minimum Gasteiger partial charge on any atom is -0.373 e. The van der Waals surface area contributed by atoms with Crippen LogP contribution in [0.3, 0.4) is 0 Å². The number of H-pyrrole nitrogens is 1. The van der Waals surface area contributed by atoms with Gasteiger partial charge in [0.05, 0.1) is 0 Å². The van der Waals surface area contributed by atoms with Crippen LogP contribution in [0.5, 0.6) is 0 Å². The molecule has 0 spiro atoms. The standard InChI is InChI=1S/C10H16N2O2/c1-6(2)9(14-4)10-11-7(3)5-8(13)12-10/h5-6,9H,1-4H3,(H,11,12,13). The van der Waals surface area contributed by atoms with Gasteiger partial charge in [-0.15, -0.1) is 0 Å². The molecule has 0 radical (unpaired) electrons. The summed E-state index contributed by atoms with van der Waals surface area (Å²) in [5.74, 6) is 0.887. The highest BCUT2D eigenvalue weighted by molar-refractivity contribution is 5.02. The number of hydrogen-bond donors (Lipinski definition) is 1. The smallest absolute Gasteiger partial charge is 0.251 e. The van der Waals surface area contributed by atoms with E-state index >= 15 is 0 Å². The van der Waals surface area contributed by atoms with E-state index in [1.165, 1.54) is 6.07 Å². The monoisotopic (exact) mass is 196 g/mol. The molecule has 1 unspecified atom stereocenters. The Morgan fingerprint density at radius 3 is 2.57 bits per heavy atom. The summed E-state index contributed by atoms with van der Waals surface area (Å²) in [6.07, 6.45) is -0.150. The van der Waals surface area contributed by atoms with Crippen molar-refractivity contribution in [2.45, 2.75) is 26.9 Å². The van der Waals surface area contributed by atoms with Crippen molar-refractivity contribution in [2.24, 2.45) is 5.92 Å². The molecule has 0 amide bonds. The zero-order valence-electron chi connectivity index (χ0n) is 9.00. The largest absolute Gasteiger partial charge is 0.373 e. The molecule has 0 aliphatic heterocycles. The van der Waals surface area contributed by atoms with Gasteiger partial charge in [-0.3, -0.25) is 4.79 Å². The van der Waals surface area contributed by atoms with Crippen molar-refractivity contribution in [3.05, 3.63) is 27.9 Å². The molecule has 1 heterocycles. The minimum absolute atomic E-state index is 0.129. The number of nitrogens with zero attached hydrogens (tertiary/aromatic N) is 1. The van der Waals surface area contributed by atoms with Crippen LogP contribution in [0.15, 0.2) is 10.9 Å². The third kappa shape index (κ3) is 2.42. The van der Waals surface area contributed by atoms with Crippen molar-refractivity contribution in [1.29, 1.82) is 0 Å². The number of aromatic nitrogens is 2. The molecule has 1 aromatic rings. The summed E-state index contributed by atoms with van der Waals surface area (Å²) in [6, 6.07) is 1.47. The number of aromatic amines is 1.